The Bertz CT molecular complexity index is 1300. The third kappa shape index (κ3) is 5.00. The number of hydrogen-bond donors (Lipinski definition) is 0. The zero-order valence-electron chi connectivity index (χ0n) is 17.6. The number of benzene rings is 2. The van der Waals surface area contributed by atoms with Gasteiger partial charge in [-0.2, -0.15) is 0 Å². The highest BCUT2D eigenvalue weighted by atomic mass is 32.2. The number of nitro benzene ring substituents is 1. The molecule has 0 saturated carbocycles. The Morgan fingerprint density at radius 2 is 1.97 bits per heavy atom. The molecule has 0 unspecified atom stereocenters. The molecule has 0 N–H and O–H groups in total. The fourth-order valence-electron chi connectivity index (χ4n) is 3.08. The van der Waals surface area contributed by atoms with Crippen molar-refractivity contribution in [1.29, 1.82) is 0 Å². The Balaban J connectivity index is 1.50. The van der Waals surface area contributed by atoms with Gasteiger partial charge in [0, 0.05) is 12.1 Å². The Labute approximate surface area is 203 Å². The molecular formula is C23H16N2O7S2. The van der Waals surface area contributed by atoms with E-state index in [2.05, 4.69) is 0 Å². The number of nitro groups is 1. The number of nitrogens with zero attached hydrogens (tertiary/aromatic N) is 2. The van der Waals surface area contributed by atoms with Crippen molar-refractivity contribution in [2.75, 3.05) is 7.11 Å². The van der Waals surface area contributed by atoms with Crippen molar-refractivity contribution in [3.05, 3.63) is 92.8 Å². The van der Waals surface area contributed by atoms with E-state index in [1.54, 1.807) is 30.3 Å². The molecule has 1 fully saturated rings. The van der Waals surface area contributed by atoms with Gasteiger partial charge in [-0.3, -0.25) is 19.8 Å². The van der Waals surface area contributed by atoms with Crippen LogP contribution in [0.2, 0.25) is 0 Å². The van der Waals surface area contributed by atoms with Crippen LogP contribution in [0, 0.1) is 10.1 Å². The second-order valence-corrected chi connectivity index (χ2v) is 8.63. The van der Waals surface area contributed by atoms with Crippen LogP contribution in [0.5, 0.6) is 11.5 Å². The molecule has 1 aliphatic heterocycles. The number of thioether (sulfide) groups is 1. The normalized spacial score (nSPS) is 14.5. The number of rotatable bonds is 7. The van der Waals surface area contributed by atoms with Gasteiger partial charge in [-0.05, 0) is 48.0 Å². The lowest BCUT2D eigenvalue weighted by Crippen LogP contribution is -2.27. The molecule has 0 aliphatic carbocycles. The molecule has 11 heteroatoms. The molecule has 0 atom stereocenters. The number of amides is 1. The van der Waals surface area contributed by atoms with Gasteiger partial charge < -0.3 is 13.9 Å². The molecule has 1 aromatic heterocycles. The monoisotopic (exact) mass is 496 g/mol. The second-order valence-electron chi connectivity index (χ2n) is 6.95. The first-order valence-corrected chi connectivity index (χ1v) is 11.0. The summed E-state index contributed by atoms with van der Waals surface area (Å²) in [7, 11) is 1.42. The quantitative estimate of drug-likeness (QED) is 0.113. The predicted molar refractivity (Wildman–Crippen MR) is 128 cm³/mol. The minimum Gasteiger partial charge on any atom is -0.493 e. The van der Waals surface area contributed by atoms with Crippen LogP contribution in [-0.2, 0) is 11.3 Å². The number of esters is 1. The van der Waals surface area contributed by atoms with Gasteiger partial charge in [0.2, 0.25) is 0 Å². The third-order valence-electron chi connectivity index (χ3n) is 4.77. The summed E-state index contributed by atoms with van der Waals surface area (Å²) in [6, 6.07) is 13.4. The average molecular weight is 497 g/mol. The lowest BCUT2D eigenvalue weighted by Gasteiger charge is -2.12. The number of non-ortho nitro benzene ring substituents is 1. The van der Waals surface area contributed by atoms with Crippen LogP contribution >= 0.6 is 24.0 Å². The summed E-state index contributed by atoms with van der Waals surface area (Å²) >= 11 is 6.52. The topological polar surface area (TPSA) is 112 Å². The number of methoxy groups -OCH3 is 1. The smallest absolute Gasteiger partial charge is 0.343 e. The maximum Gasteiger partial charge on any atom is 0.343 e. The summed E-state index contributed by atoms with van der Waals surface area (Å²) in [6.45, 7) is 0.246. The number of carbonyl (C=O) groups excluding carboxylic acids is 2. The van der Waals surface area contributed by atoms with E-state index in [-0.39, 0.29) is 35.2 Å². The largest absolute Gasteiger partial charge is 0.493 e. The van der Waals surface area contributed by atoms with E-state index in [0.29, 0.717) is 20.5 Å². The van der Waals surface area contributed by atoms with Gasteiger partial charge in [-0.25, -0.2) is 4.79 Å². The molecular weight excluding hydrogens is 480 g/mol. The first-order valence-electron chi connectivity index (χ1n) is 9.78. The van der Waals surface area contributed by atoms with Gasteiger partial charge in [0.1, 0.15) is 10.1 Å². The first kappa shape index (κ1) is 23.2. The molecule has 34 heavy (non-hydrogen) atoms. The molecule has 4 rings (SSSR count). The maximum absolute atomic E-state index is 12.8. The summed E-state index contributed by atoms with van der Waals surface area (Å²) in [5.41, 5.74) is 0.663. The highest BCUT2D eigenvalue weighted by Gasteiger charge is 2.32. The molecule has 2 heterocycles. The Morgan fingerprint density at radius 1 is 1.21 bits per heavy atom. The Morgan fingerprint density at radius 3 is 2.62 bits per heavy atom. The fourth-order valence-corrected chi connectivity index (χ4v) is 4.34. The van der Waals surface area contributed by atoms with E-state index in [4.69, 9.17) is 26.1 Å². The van der Waals surface area contributed by atoms with Gasteiger partial charge in [-0.15, -0.1) is 0 Å². The SMILES string of the molecule is COc1cc(/C=C2/SC(=S)N(Cc3ccco3)C2=O)ccc1OC(=O)c1ccc([N+](=O)[O-])cc1. The average Bonchev–Trinajstić information content (AvgIpc) is 3.44. The minimum atomic E-state index is -0.695. The van der Waals surface area contributed by atoms with E-state index in [1.165, 1.54) is 60.4 Å². The standard InChI is InChI=1S/C23H16N2O7S2/c1-30-19-11-14(12-20-21(26)24(23(33)34-20)13-17-3-2-10-31-17)4-9-18(19)32-22(27)15-5-7-16(8-6-15)25(28)29/h2-12H,13H2,1H3/b20-12+. The van der Waals surface area contributed by atoms with E-state index < -0.39 is 10.9 Å². The summed E-state index contributed by atoms with van der Waals surface area (Å²) in [6.07, 6.45) is 3.21. The maximum atomic E-state index is 12.8. The van der Waals surface area contributed by atoms with Crippen LogP contribution < -0.4 is 9.47 Å². The van der Waals surface area contributed by atoms with Crippen LogP contribution in [-0.4, -0.2) is 33.1 Å². The molecule has 0 bridgehead atoms. The van der Waals surface area contributed by atoms with Crippen molar-refractivity contribution in [3.8, 4) is 11.5 Å². The van der Waals surface area contributed by atoms with E-state index in [1.807, 2.05) is 0 Å². The molecule has 1 amide bonds. The number of ether oxygens (including phenoxy) is 2. The molecule has 0 spiro atoms. The van der Waals surface area contributed by atoms with Gasteiger partial charge in [0.25, 0.3) is 11.6 Å². The number of hydrogen-bond acceptors (Lipinski definition) is 9. The Kier molecular flexibility index (Phi) is 6.75. The van der Waals surface area contributed by atoms with E-state index >= 15 is 0 Å². The fraction of sp³-hybridized carbons (Fsp3) is 0.0870. The zero-order valence-corrected chi connectivity index (χ0v) is 19.3. The minimum absolute atomic E-state index is 0.131. The predicted octanol–water partition coefficient (Wildman–Crippen LogP) is 4.82. The van der Waals surface area contributed by atoms with Crippen LogP contribution in [0.3, 0.4) is 0 Å². The van der Waals surface area contributed by atoms with Crippen molar-refractivity contribution >= 4 is 51.9 Å². The molecule has 9 nitrogen and oxygen atoms in total. The summed E-state index contributed by atoms with van der Waals surface area (Å²) in [4.78, 5) is 37.4. The highest BCUT2D eigenvalue weighted by molar-refractivity contribution is 8.26. The first-order chi connectivity index (χ1) is 16.4. The van der Waals surface area contributed by atoms with Crippen molar-refractivity contribution in [2.24, 2.45) is 0 Å². The van der Waals surface area contributed by atoms with Crippen LogP contribution in [0.1, 0.15) is 21.7 Å². The molecule has 3 aromatic rings. The van der Waals surface area contributed by atoms with Crippen molar-refractivity contribution in [2.45, 2.75) is 6.54 Å². The summed E-state index contributed by atoms with van der Waals surface area (Å²) < 4.78 is 16.5. The van der Waals surface area contributed by atoms with Gasteiger partial charge in [0.05, 0.1) is 35.3 Å². The molecule has 172 valence electrons. The number of carbonyl (C=O) groups is 2. The summed E-state index contributed by atoms with van der Waals surface area (Å²) in [5, 5.41) is 10.8. The lowest BCUT2D eigenvalue weighted by atomic mass is 10.1. The molecule has 0 radical (unpaired) electrons. The number of furan rings is 1. The Hall–Kier alpha value is -3.96. The van der Waals surface area contributed by atoms with Crippen LogP contribution in [0.4, 0.5) is 5.69 Å². The lowest BCUT2D eigenvalue weighted by molar-refractivity contribution is -0.384. The van der Waals surface area contributed by atoms with Crippen molar-refractivity contribution in [3.63, 3.8) is 0 Å². The van der Waals surface area contributed by atoms with Gasteiger partial charge in [0.15, 0.2) is 11.5 Å². The zero-order chi connectivity index (χ0) is 24.2. The van der Waals surface area contributed by atoms with Crippen molar-refractivity contribution < 1.29 is 28.4 Å². The molecule has 1 saturated heterocycles. The highest BCUT2D eigenvalue weighted by Crippen LogP contribution is 2.35. The van der Waals surface area contributed by atoms with Crippen LogP contribution in [0.25, 0.3) is 6.08 Å². The summed E-state index contributed by atoms with van der Waals surface area (Å²) in [5.74, 6) is 0.126. The third-order valence-corrected chi connectivity index (χ3v) is 6.15. The molecule has 1 aliphatic rings. The molecule has 2 aromatic carbocycles. The second kappa shape index (κ2) is 9.89. The van der Waals surface area contributed by atoms with Crippen molar-refractivity contribution in [1.82, 2.24) is 4.90 Å². The van der Waals surface area contributed by atoms with E-state index in [9.17, 15) is 19.7 Å². The number of thiocarbonyl (C=S) groups is 1. The van der Waals surface area contributed by atoms with Gasteiger partial charge >= 0.3 is 5.97 Å². The van der Waals surface area contributed by atoms with Gasteiger partial charge in [-0.1, -0.05) is 30.0 Å². The van der Waals surface area contributed by atoms with E-state index in [0.717, 1.165) is 0 Å². The van der Waals surface area contributed by atoms with Crippen LogP contribution in [0.15, 0.2) is 70.2 Å².